The first-order valence-electron chi connectivity index (χ1n) is 6.53. The maximum atomic E-state index is 12.1. The molecule has 0 bridgehead atoms. The van der Waals surface area contributed by atoms with Gasteiger partial charge in [-0.3, -0.25) is 4.79 Å². The highest BCUT2D eigenvalue weighted by Gasteiger charge is 2.42. The molecule has 0 spiro atoms. The van der Waals surface area contributed by atoms with Crippen LogP contribution in [0.4, 0.5) is 0 Å². The van der Waals surface area contributed by atoms with Crippen LogP contribution in [-0.2, 0) is 4.74 Å². The molecule has 20 heavy (non-hydrogen) atoms. The third kappa shape index (κ3) is 2.99. The van der Waals surface area contributed by atoms with E-state index in [-0.39, 0.29) is 12.5 Å². The molecule has 5 atom stereocenters. The highest BCUT2D eigenvalue weighted by Crippen LogP contribution is 2.21. The molecule has 6 nitrogen and oxygen atoms in total. The lowest BCUT2D eigenvalue weighted by Crippen LogP contribution is -2.63. The Labute approximate surface area is 117 Å². The SMILES string of the molecule is C[C@H]1O[C@@H](CO)[C@@H](O)[C@@H](O)[C@H]1NC(=O)c1ccccc1. The smallest absolute Gasteiger partial charge is 0.251 e. The predicted molar refractivity (Wildman–Crippen MR) is 71.1 cm³/mol. The molecule has 6 heteroatoms. The average Bonchev–Trinajstić information content (AvgIpc) is 2.48. The zero-order chi connectivity index (χ0) is 14.7. The van der Waals surface area contributed by atoms with Gasteiger partial charge in [-0.05, 0) is 19.1 Å². The molecule has 1 fully saturated rings. The summed E-state index contributed by atoms with van der Waals surface area (Å²) < 4.78 is 5.39. The number of nitrogens with one attached hydrogen (secondary N) is 1. The number of aliphatic hydroxyl groups is 3. The third-order valence-corrected chi connectivity index (χ3v) is 3.51. The number of carbonyl (C=O) groups excluding carboxylic acids is 1. The molecule has 2 rings (SSSR count). The quantitative estimate of drug-likeness (QED) is 0.586. The van der Waals surface area contributed by atoms with E-state index in [2.05, 4.69) is 5.32 Å². The van der Waals surface area contributed by atoms with E-state index < -0.39 is 30.5 Å². The van der Waals surface area contributed by atoms with Gasteiger partial charge in [-0.1, -0.05) is 18.2 Å². The first-order valence-corrected chi connectivity index (χ1v) is 6.53. The second-order valence-corrected chi connectivity index (χ2v) is 4.91. The highest BCUT2D eigenvalue weighted by atomic mass is 16.5. The van der Waals surface area contributed by atoms with Crippen molar-refractivity contribution in [3.05, 3.63) is 35.9 Å². The number of benzene rings is 1. The highest BCUT2D eigenvalue weighted by molar-refractivity contribution is 5.94. The Morgan fingerprint density at radius 2 is 1.90 bits per heavy atom. The van der Waals surface area contributed by atoms with Crippen molar-refractivity contribution in [3.8, 4) is 0 Å². The fraction of sp³-hybridized carbons (Fsp3) is 0.500. The second kappa shape index (κ2) is 6.32. The fourth-order valence-corrected chi connectivity index (χ4v) is 2.33. The van der Waals surface area contributed by atoms with Crippen LogP contribution in [0, 0.1) is 0 Å². The van der Waals surface area contributed by atoms with Crippen LogP contribution in [0.1, 0.15) is 17.3 Å². The number of aliphatic hydroxyl groups excluding tert-OH is 3. The average molecular weight is 281 g/mol. The van der Waals surface area contributed by atoms with E-state index in [9.17, 15) is 15.0 Å². The lowest BCUT2D eigenvalue weighted by Gasteiger charge is -2.41. The molecular formula is C14H19NO5. The minimum Gasteiger partial charge on any atom is -0.394 e. The Kier molecular flexibility index (Phi) is 4.72. The number of carbonyl (C=O) groups is 1. The zero-order valence-corrected chi connectivity index (χ0v) is 11.1. The topological polar surface area (TPSA) is 99.0 Å². The summed E-state index contributed by atoms with van der Waals surface area (Å²) in [5.41, 5.74) is 0.464. The number of hydrogen-bond donors (Lipinski definition) is 4. The first-order chi connectivity index (χ1) is 9.54. The van der Waals surface area contributed by atoms with Crippen molar-refractivity contribution in [2.45, 2.75) is 37.4 Å². The number of hydrogen-bond acceptors (Lipinski definition) is 5. The maximum absolute atomic E-state index is 12.1. The molecule has 1 amide bonds. The normalized spacial score (nSPS) is 33.7. The molecule has 110 valence electrons. The molecule has 1 aromatic carbocycles. The molecule has 1 saturated heterocycles. The van der Waals surface area contributed by atoms with Crippen LogP contribution in [-0.4, -0.2) is 58.3 Å². The van der Waals surface area contributed by atoms with Crippen molar-refractivity contribution in [1.82, 2.24) is 5.32 Å². The van der Waals surface area contributed by atoms with Crippen LogP contribution in [0.15, 0.2) is 30.3 Å². The number of amides is 1. The molecule has 1 heterocycles. The van der Waals surface area contributed by atoms with Crippen molar-refractivity contribution in [2.75, 3.05) is 6.61 Å². The molecule has 0 unspecified atom stereocenters. The van der Waals surface area contributed by atoms with Gasteiger partial charge >= 0.3 is 0 Å². The van der Waals surface area contributed by atoms with Crippen LogP contribution in [0.3, 0.4) is 0 Å². The summed E-state index contributed by atoms with van der Waals surface area (Å²) >= 11 is 0. The molecule has 1 aromatic rings. The van der Waals surface area contributed by atoms with Gasteiger partial charge in [0.05, 0.1) is 18.8 Å². The van der Waals surface area contributed by atoms with Crippen LogP contribution >= 0.6 is 0 Å². The monoisotopic (exact) mass is 281 g/mol. The molecule has 0 saturated carbocycles. The first kappa shape index (κ1) is 14.9. The van der Waals surface area contributed by atoms with E-state index in [4.69, 9.17) is 9.84 Å². The van der Waals surface area contributed by atoms with Gasteiger partial charge in [0.25, 0.3) is 5.91 Å². The van der Waals surface area contributed by atoms with E-state index in [1.807, 2.05) is 0 Å². The maximum Gasteiger partial charge on any atom is 0.251 e. The number of ether oxygens (including phenoxy) is 1. The van der Waals surface area contributed by atoms with Gasteiger partial charge in [0.15, 0.2) is 0 Å². The molecule has 1 aliphatic rings. The Hall–Kier alpha value is -1.47. The Bertz CT molecular complexity index is 452. The van der Waals surface area contributed by atoms with E-state index in [0.29, 0.717) is 5.56 Å². The molecule has 0 aromatic heterocycles. The third-order valence-electron chi connectivity index (χ3n) is 3.51. The van der Waals surface area contributed by atoms with E-state index in [0.717, 1.165) is 0 Å². The molecule has 0 radical (unpaired) electrons. The van der Waals surface area contributed by atoms with Crippen molar-refractivity contribution in [1.29, 1.82) is 0 Å². The van der Waals surface area contributed by atoms with E-state index in [1.54, 1.807) is 37.3 Å². The second-order valence-electron chi connectivity index (χ2n) is 4.91. The summed E-state index contributed by atoms with van der Waals surface area (Å²) in [6, 6.07) is 7.85. The van der Waals surface area contributed by atoms with Crippen LogP contribution in [0.2, 0.25) is 0 Å². The lowest BCUT2D eigenvalue weighted by molar-refractivity contribution is -0.187. The standard InChI is InChI=1S/C14H19NO5/c1-8-11(13(18)12(17)10(7-16)20-8)15-14(19)9-5-3-2-4-6-9/h2-6,8,10-13,16-18H,7H2,1H3,(H,15,19)/t8-,10+,11+,12-,13+/m1/s1. The summed E-state index contributed by atoms with van der Waals surface area (Å²) in [6.45, 7) is 1.29. The minimum absolute atomic E-state index is 0.347. The number of rotatable bonds is 3. The van der Waals surface area contributed by atoms with Crippen molar-refractivity contribution in [2.24, 2.45) is 0 Å². The summed E-state index contributed by atoms with van der Waals surface area (Å²) in [4.78, 5) is 12.1. The van der Waals surface area contributed by atoms with Gasteiger partial charge in [0.2, 0.25) is 0 Å². The Morgan fingerprint density at radius 1 is 1.25 bits per heavy atom. The molecule has 0 aliphatic carbocycles. The summed E-state index contributed by atoms with van der Waals surface area (Å²) in [5, 5.41) is 31.6. The fourth-order valence-electron chi connectivity index (χ4n) is 2.33. The molecule has 4 N–H and O–H groups in total. The van der Waals surface area contributed by atoms with Crippen molar-refractivity contribution >= 4 is 5.91 Å². The molecule has 1 aliphatic heterocycles. The Balaban J connectivity index is 2.07. The van der Waals surface area contributed by atoms with Gasteiger partial charge in [-0.25, -0.2) is 0 Å². The van der Waals surface area contributed by atoms with Gasteiger partial charge in [0.1, 0.15) is 18.3 Å². The van der Waals surface area contributed by atoms with E-state index >= 15 is 0 Å². The molecular weight excluding hydrogens is 262 g/mol. The van der Waals surface area contributed by atoms with Crippen molar-refractivity contribution in [3.63, 3.8) is 0 Å². The summed E-state index contributed by atoms with van der Waals surface area (Å²) in [6.07, 6.45) is -3.79. The predicted octanol–water partition coefficient (Wildman–Crippen LogP) is -0.714. The van der Waals surface area contributed by atoms with Gasteiger partial charge in [-0.2, -0.15) is 0 Å². The summed E-state index contributed by atoms with van der Waals surface area (Å²) in [5.74, 6) is -0.347. The van der Waals surface area contributed by atoms with Crippen molar-refractivity contribution < 1.29 is 24.9 Å². The summed E-state index contributed by atoms with van der Waals surface area (Å²) in [7, 11) is 0. The Morgan fingerprint density at radius 3 is 2.50 bits per heavy atom. The van der Waals surface area contributed by atoms with Gasteiger partial charge in [0, 0.05) is 5.56 Å². The van der Waals surface area contributed by atoms with Gasteiger partial charge in [-0.15, -0.1) is 0 Å². The largest absolute Gasteiger partial charge is 0.394 e. The lowest BCUT2D eigenvalue weighted by atomic mass is 9.93. The van der Waals surface area contributed by atoms with Crippen LogP contribution in [0.25, 0.3) is 0 Å². The van der Waals surface area contributed by atoms with E-state index in [1.165, 1.54) is 0 Å². The van der Waals surface area contributed by atoms with Crippen LogP contribution in [0.5, 0.6) is 0 Å². The van der Waals surface area contributed by atoms with Crippen LogP contribution < -0.4 is 5.32 Å². The zero-order valence-electron chi connectivity index (χ0n) is 11.1. The minimum atomic E-state index is -1.24. The van der Waals surface area contributed by atoms with Gasteiger partial charge < -0.3 is 25.4 Å².